The summed E-state index contributed by atoms with van der Waals surface area (Å²) in [5.41, 5.74) is 0.794. The number of amides is 1. The molecule has 3 rings (SSSR count). The van der Waals surface area contributed by atoms with Crippen molar-refractivity contribution < 1.29 is 4.79 Å². The van der Waals surface area contributed by atoms with Gasteiger partial charge < -0.3 is 10.6 Å². The van der Waals surface area contributed by atoms with Crippen LogP contribution in [-0.4, -0.2) is 44.6 Å². The number of thioether (sulfide) groups is 1. The molecule has 2 aromatic rings. The van der Waals surface area contributed by atoms with Crippen LogP contribution in [-0.2, 0) is 11.3 Å². The first-order valence-corrected chi connectivity index (χ1v) is 7.85. The number of rotatable bonds is 4. The van der Waals surface area contributed by atoms with Gasteiger partial charge in [-0.2, -0.15) is 11.8 Å². The van der Waals surface area contributed by atoms with E-state index in [1.807, 2.05) is 40.6 Å². The van der Waals surface area contributed by atoms with Gasteiger partial charge in [0.25, 0.3) is 0 Å². The standard InChI is InChI=1S/C13H17N5OS/c19-13(7-10-9-20-6-4-14-10)15-8-12-17-16-11-3-1-2-5-18(11)12/h1-3,5,10,14H,4,6-9H2,(H,15,19). The third kappa shape index (κ3) is 3.10. The molecule has 1 aliphatic rings. The lowest BCUT2D eigenvalue weighted by atomic mass is 10.2. The van der Waals surface area contributed by atoms with Crippen LogP contribution in [0.3, 0.4) is 0 Å². The monoisotopic (exact) mass is 291 g/mol. The Kier molecular flexibility index (Phi) is 4.17. The van der Waals surface area contributed by atoms with Crippen LogP contribution in [0.25, 0.3) is 5.65 Å². The van der Waals surface area contributed by atoms with E-state index in [1.165, 1.54) is 0 Å². The van der Waals surface area contributed by atoms with E-state index in [9.17, 15) is 4.79 Å². The summed E-state index contributed by atoms with van der Waals surface area (Å²) in [4.78, 5) is 11.9. The Hall–Kier alpha value is -1.60. The van der Waals surface area contributed by atoms with Crippen molar-refractivity contribution in [2.75, 3.05) is 18.1 Å². The molecule has 2 N–H and O–H groups in total. The number of carbonyl (C=O) groups excluding carboxylic acids is 1. The highest BCUT2D eigenvalue weighted by Gasteiger charge is 2.16. The number of pyridine rings is 1. The molecule has 0 bridgehead atoms. The lowest BCUT2D eigenvalue weighted by Crippen LogP contribution is -2.41. The molecule has 0 aliphatic carbocycles. The number of hydrogen-bond acceptors (Lipinski definition) is 5. The van der Waals surface area contributed by atoms with E-state index in [0.29, 0.717) is 13.0 Å². The molecule has 0 saturated carbocycles. The SMILES string of the molecule is O=C(CC1CSCCN1)NCc1nnc2ccccn12. The highest BCUT2D eigenvalue weighted by atomic mass is 32.2. The van der Waals surface area contributed by atoms with Gasteiger partial charge in [-0.25, -0.2) is 0 Å². The van der Waals surface area contributed by atoms with Crippen molar-refractivity contribution in [3.8, 4) is 0 Å². The van der Waals surface area contributed by atoms with E-state index in [4.69, 9.17) is 0 Å². The minimum atomic E-state index is 0.0534. The van der Waals surface area contributed by atoms with E-state index >= 15 is 0 Å². The molecule has 1 unspecified atom stereocenters. The van der Waals surface area contributed by atoms with Gasteiger partial charge >= 0.3 is 0 Å². The maximum absolute atomic E-state index is 11.9. The van der Waals surface area contributed by atoms with E-state index in [-0.39, 0.29) is 11.9 Å². The summed E-state index contributed by atoms with van der Waals surface area (Å²) in [6.45, 7) is 1.39. The second-order valence-electron chi connectivity index (χ2n) is 4.75. The van der Waals surface area contributed by atoms with E-state index < -0.39 is 0 Å². The van der Waals surface area contributed by atoms with Gasteiger partial charge in [0.2, 0.25) is 5.91 Å². The van der Waals surface area contributed by atoms with Crippen LogP contribution in [0.1, 0.15) is 12.2 Å². The second-order valence-corrected chi connectivity index (χ2v) is 5.90. The van der Waals surface area contributed by atoms with Gasteiger partial charge in [-0.3, -0.25) is 9.20 Å². The van der Waals surface area contributed by atoms with Crippen molar-refractivity contribution in [2.45, 2.75) is 19.0 Å². The summed E-state index contributed by atoms with van der Waals surface area (Å²) in [6, 6.07) is 6.01. The first-order valence-electron chi connectivity index (χ1n) is 6.69. The number of nitrogens with one attached hydrogen (secondary N) is 2. The summed E-state index contributed by atoms with van der Waals surface area (Å²) in [5, 5.41) is 14.4. The second kappa shape index (κ2) is 6.23. The molecule has 1 aliphatic heterocycles. The highest BCUT2D eigenvalue weighted by Crippen LogP contribution is 2.10. The van der Waals surface area contributed by atoms with Crippen LogP contribution in [0.4, 0.5) is 0 Å². The van der Waals surface area contributed by atoms with Crippen molar-refractivity contribution in [1.29, 1.82) is 0 Å². The van der Waals surface area contributed by atoms with Crippen molar-refractivity contribution in [3.63, 3.8) is 0 Å². The van der Waals surface area contributed by atoms with Crippen LogP contribution >= 0.6 is 11.8 Å². The molecule has 1 saturated heterocycles. The molecule has 6 nitrogen and oxygen atoms in total. The Bertz CT molecular complexity index is 593. The van der Waals surface area contributed by atoms with Crippen LogP contribution in [0.2, 0.25) is 0 Å². The molecule has 1 fully saturated rings. The normalized spacial score (nSPS) is 19.1. The number of aromatic nitrogens is 3. The van der Waals surface area contributed by atoms with Gasteiger partial charge in [0.1, 0.15) is 0 Å². The molecule has 1 atom stereocenters. The topological polar surface area (TPSA) is 71.3 Å². The van der Waals surface area contributed by atoms with Gasteiger partial charge in [-0.1, -0.05) is 6.07 Å². The Balaban J connectivity index is 1.54. The predicted octanol–water partition coefficient (Wildman–Crippen LogP) is 0.441. The minimum Gasteiger partial charge on any atom is -0.349 e. The molecule has 0 aromatic carbocycles. The molecular formula is C13H17N5OS. The first kappa shape index (κ1) is 13.4. The molecule has 3 heterocycles. The molecule has 2 aromatic heterocycles. The number of hydrogen-bond donors (Lipinski definition) is 2. The fourth-order valence-corrected chi connectivity index (χ4v) is 3.18. The van der Waals surface area contributed by atoms with E-state index in [0.717, 1.165) is 29.5 Å². The first-order chi connectivity index (χ1) is 9.83. The van der Waals surface area contributed by atoms with Gasteiger partial charge in [0.15, 0.2) is 11.5 Å². The summed E-state index contributed by atoms with van der Waals surface area (Å²) < 4.78 is 1.88. The maximum Gasteiger partial charge on any atom is 0.221 e. The Morgan fingerprint density at radius 2 is 2.45 bits per heavy atom. The van der Waals surface area contributed by atoms with E-state index in [1.54, 1.807) is 0 Å². The zero-order valence-electron chi connectivity index (χ0n) is 11.1. The van der Waals surface area contributed by atoms with Gasteiger partial charge in [0.05, 0.1) is 6.54 Å². The molecule has 106 valence electrons. The quantitative estimate of drug-likeness (QED) is 0.855. The van der Waals surface area contributed by atoms with Crippen molar-refractivity contribution in [1.82, 2.24) is 25.2 Å². The maximum atomic E-state index is 11.9. The Morgan fingerprint density at radius 1 is 1.50 bits per heavy atom. The summed E-state index contributed by atoms with van der Waals surface area (Å²) in [7, 11) is 0. The molecule has 0 spiro atoms. The summed E-state index contributed by atoms with van der Waals surface area (Å²) in [6.07, 6.45) is 2.42. The lowest BCUT2D eigenvalue weighted by Gasteiger charge is -2.22. The average molecular weight is 291 g/mol. The summed E-state index contributed by atoms with van der Waals surface area (Å²) >= 11 is 1.89. The lowest BCUT2D eigenvalue weighted by molar-refractivity contribution is -0.121. The third-order valence-corrected chi connectivity index (χ3v) is 4.39. The van der Waals surface area contributed by atoms with Gasteiger partial charge in [-0.15, -0.1) is 10.2 Å². The zero-order chi connectivity index (χ0) is 13.8. The molecule has 20 heavy (non-hydrogen) atoms. The van der Waals surface area contributed by atoms with E-state index in [2.05, 4.69) is 20.8 Å². The fourth-order valence-electron chi connectivity index (χ4n) is 2.24. The molecule has 0 radical (unpaired) electrons. The minimum absolute atomic E-state index is 0.0534. The van der Waals surface area contributed by atoms with Crippen molar-refractivity contribution in [2.24, 2.45) is 0 Å². The van der Waals surface area contributed by atoms with Crippen molar-refractivity contribution >= 4 is 23.3 Å². The Labute approximate surface area is 121 Å². The van der Waals surface area contributed by atoms with Crippen LogP contribution in [0, 0.1) is 0 Å². The third-order valence-electron chi connectivity index (χ3n) is 3.26. The predicted molar refractivity (Wildman–Crippen MR) is 78.6 cm³/mol. The van der Waals surface area contributed by atoms with Crippen LogP contribution in [0.15, 0.2) is 24.4 Å². The molecule has 1 amide bonds. The van der Waals surface area contributed by atoms with Crippen LogP contribution in [0.5, 0.6) is 0 Å². The smallest absolute Gasteiger partial charge is 0.221 e. The van der Waals surface area contributed by atoms with Crippen molar-refractivity contribution in [3.05, 3.63) is 30.2 Å². The highest BCUT2D eigenvalue weighted by molar-refractivity contribution is 7.99. The van der Waals surface area contributed by atoms with Crippen LogP contribution < -0.4 is 10.6 Å². The number of fused-ring (bicyclic) bond motifs is 1. The van der Waals surface area contributed by atoms with Gasteiger partial charge in [0, 0.05) is 36.7 Å². The summed E-state index contributed by atoms with van der Waals surface area (Å²) in [5.74, 6) is 2.93. The number of nitrogens with zero attached hydrogens (tertiary/aromatic N) is 3. The molecular weight excluding hydrogens is 274 g/mol. The Morgan fingerprint density at radius 3 is 3.30 bits per heavy atom. The number of carbonyl (C=O) groups is 1. The molecule has 7 heteroatoms. The van der Waals surface area contributed by atoms with Gasteiger partial charge in [-0.05, 0) is 12.1 Å². The largest absolute Gasteiger partial charge is 0.349 e. The zero-order valence-corrected chi connectivity index (χ0v) is 11.9. The average Bonchev–Trinajstić information content (AvgIpc) is 2.89. The fraction of sp³-hybridized carbons (Fsp3) is 0.462.